The highest BCUT2D eigenvalue weighted by Crippen LogP contribution is 2.43. The number of halogens is 5. The summed E-state index contributed by atoms with van der Waals surface area (Å²) in [6.45, 7) is -0.512. The molecule has 1 heterocycles. The van der Waals surface area contributed by atoms with E-state index < -0.39 is 47.0 Å². The third-order valence-electron chi connectivity index (χ3n) is 5.36. The third kappa shape index (κ3) is 4.78. The van der Waals surface area contributed by atoms with Gasteiger partial charge in [0, 0.05) is 28.4 Å². The number of pyridine rings is 1. The molecule has 0 spiro atoms. The van der Waals surface area contributed by atoms with Crippen LogP contribution in [0, 0.1) is 23.3 Å². The van der Waals surface area contributed by atoms with E-state index in [-0.39, 0.29) is 5.88 Å². The van der Waals surface area contributed by atoms with Crippen LogP contribution in [-0.4, -0.2) is 16.1 Å². The summed E-state index contributed by atoms with van der Waals surface area (Å²) in [5.41, 5.74) is 1.86. The molecule has 1 N–H and O–H groups in total. The Balaban J connectivity index is 1.74. The first kappa shape index (κ1) is 23.0. The van der Waals surface area contributed by atoms with Crippen molar-refractivity contribution in [1.29, 1.82) is 0 Å². The van der Waals surface area contributed by atoms with Crippen molar-refractivity contribution in [3.63, 3.8) is 0 Å². The highest BCUT2D eigenvalue weighted by Gasteiger charge is 2.24. The molecule has 1 aliphatic rings. The molecule has 1 aromatic heterocycles. The minimum Gasteiger partial charge on any atom is -0.478 e. The Kier molecular flexibility index (Phi) is 6.51. The van der Waals surface area contributed by atoms with Crippen LogP contribution in [0.2, 0.25) is 0 Å². The zero-order valence-corrected chi connectivity index (χ0v) is 18.6. The van der Waals surface area contributed by atoms with Crippen molar-refractivity contribution in [2.75, 3.05) is 0 Å². The Hall–Kier alpha value is -3.20. The number of hydrogen-bond acceptors (Lipinski definition) is 3. The maximum atomic E-state index is 14.0. The predicted molar refractivity (Wildman–Crippen MR) is 117 cm³/mol. The number of allylic oxidation sites excluding steroid dienone is 2. The van der Waals surface area contributed by atoms with Crippen LogP contribution in [0.4, 0.5) is 17.6 Å². The van der Waals surface area contributed by atoms with Gasteiger partial charge >= 0.3 is 5.97 Å². The van der Waals surface area contributed by atoms with E-state index in [1.807, 2.05) is 0 Å². The van der Waals surface area contributed by atoms with Gasteiger partial charge in [0.05, 0.1) is 11.1 Å². The predicted octanol–water partition coefficient (Wildman–Crippen LogP) is 6.77. The Labute approximate surface area is 194 Å². The fourth-order valence-electron chi connectivity index (χ4n) is 3.84. The van der Waals surface area contributed by atoms with E-state index in [9.17, 15) is 27.5 Å². The van der Waals surface area contributed by atoms with Gasteiger partial charge in [-0.05, 0) is 70.1 Å². The van der Waals surface area contributed by atoms with Gasteiger partial charge in [0.1, 0.15) is 29.9 Å². The molecule has 0 radical (unpaired) electrons. The summed E-state index contributed by atoms with van der Waals surface area (Å²) < 4.78 is 61.4. The van der Waals surface area contributed by atoms with Crippen molar-refractivity contribution >= 4 is 33.0 Å². The summed E-state index contributed by atoms with van der Waals surface area (Å²) in [5, 5.41) is 9.26. The van der Waals surface area contributed by atoms with Gasteiger partial charge in [0.15, 0.2) is 0 Å². The van der Waals surface area contributed by atoms with E-state index in [0.29, 0.717) is 40.6 Å². The van der Waals surface area contributed by atoms with Crippen molar-refractivity contribution in [3.05, 3.63) is 92.6 Å². The van der Waals surface area contributed by atoms with E-state index >= 15 is 0 Å². The van der Waals surface area contributed by atoms with Gasteiger partial charge in [-0.1, -0.05) is 6.07 Å². The molecule has 1 aliphatic carbocycles. The van der Waals surface area contributed by atoms with Crippen LogP contribution in [-0.2, 0) is 6.61 Å². The van der Waals surface area contributed by atoms with Crippen molar-refractivity contribution < 1.29 is 32.2 Å². The average molecular weight is 522 g/mol. The number of carbonyl (C=O) groups is 1. The second-order valence-electron chi connectivity index (χ2n) is 7.45. The van der Waals surface area contributed by atoms with Gasteiger partial charge in [-0.25, -0.2) is 27.3 Å². The molecule has 9 heteroatoms. The van der Waals surface area contributed by atoms with Crippen LogP contribution in [0.1, 0.15) is 46.3 Å². The second-order valence-corrected chi connectivity index (χ2v) is 8.37. The van der Waals surface area contributed by atoms with E-state index in [0.717, 1.165) is 23.6 Å². The molecular formula is C24H16BrF4NO3. The molecule has 0 atom stereocenters. The van der Waals surface area contributed by atoms with E-state index in [1.165, 1.54) is 18.3 Å². The number of aromatic carboxylic acids is 1. The zero-order chi connectivity index (χ0) is 23.7. The van der Waals surface area contributed by atoms with Crippen LogP contribution in [0.5, 0.6) is 5.88 Å². The summed E-state index contributed by atoms with van der Waals surface area (Å²) in [6, 6.07) is 6.79. The quantitative estimate of drug-likeness (QED) is 0.363. The van der Waals surface area contributed by atoms with E-state index in [4.69, 9.17) is 4.74 Å². The lowest BCUT2D eigenvalue weighted by atomic mass is 9.96. The van der Waals surface area contributed by atoms with E-state index in [2.05, 4.69) is 20.9 Å². The third-order valence-corrected chi connectivity index (χ3v) is 5.80. The first-order valence-corrected chi connectivity index (χ1v) is 10.7. The maximum Gasteiger partial charge on any atom is 0.338 e. The summed E-state index contributed by atoms with van der Waals surface area (Å²) in [4.78, 5) is 15.6. The Morgan fingerprint density at radius 1 is 1.00 bits per heavy atom. The number of benzene rings is 2. The molecule has 0 saturated carbocycles. The summed E-state index contributed by atoms with van der Waals surface area (Å²) in [7, 11) is 0. The van der Waals surface area contributed by atoms with E-state index in [1.54, 1.807) is 6.07 Å². The number of rotatable bonds is 6. The number of carboxylic acid groups (broad SMARTS) is 1. The SMILES string of the molecule is O=C(O)c1cc(C2=C(c3cc(Br)cnc3OCc3c(F)cc(F)cc3F)CCC2)ccc1F. The number of ether oxygens (including phenoxy) is 1. The van der Waals surface area contributed by atoms with Gasteiger partial charge < -0.3 is 9.84 Å². The fourth-order valence-corrected chi connectivity index (χ4v) is 4.18. The molecule has 0 fully saturated rings. The molecule has 4 rings (SSSR count). The molecule has 0 amide bonds. The molecule has 4 nitrogen and oxygen atoms in total. The first-order valence-electron chi connectivity index (χ1n) is 9.92. The summed E-state index contributed by atoms with van der Waals surface area (Å²) in [5.74, 6) is -5.26. The molecule has 0 unspecified atom stereocenters. The zero-order valence-electron chi connectivity index (χ0n) is 17.0. The molecule has 0 saturated heterocycles. The molecule has 0 aliphatic heterocycles. The molecule has 33 heavy (non-hydrogen) atoms. The average Bonchev–Trinajstić information content (AvgIpc) is 3.23. The minimum atomic E-state index is -1.37. The fraction of sp³-hybridized carbons (Fsp3) is 0.167. The van der Waals surface area contributed by atoms with Crippen molar-refractivity contribution in [2.45, 2.75) is 25.9 Å². The van der Waals surface area contributed by atoms with Crippen LogP contribution in [0.15, 0.2) is 47.1 Å². The van der Waals surface area contributed by atoms with Crippen molar-refractivity contribution in [2.24, 2.45) is 0 Å². The van der Waals surface area contributed by atoms with Gasteiger partial charge in [-0.15, -0.1) is 0 Å². The number of hydrogen-bond donors (Lipinski definition) is 1. The van der Waals surface area contributed by atoms with Crippen LogP contribution < -0.4 is 4.74 Å². The number of aromatic nitrogens is 1. The second kappa shape index (κ2) is 9.35. The molecule has 170 valence electrons. The molecule has 0 bridgehead atoms. The van der Waals surface area contributed by atoms with Gasteiger partial charge in [0.2, 0.25) is 5.88 Å². The van der Waals surface area contributed by atoms with Gasteiger partial charge in [-0.3, -0.25) is 0 Å². The summed E-state index contributed by atoms with van der Waals surface area (Å²) >= 11 is 3.36. The summed E-state index contributed by atoms with van der Waals surface area (Å²) in [6.07, 6.45) is 3.46. The Morgan fingerprint density at radius 3 is 2.39 bits per heavy atom. The van der Waals surface area contributed by atoms with Crippen LogP contribution >= 0.6 is 15.9 Å². The lowest BCUT2D eigenvalue weighted by Crippen LogP contribution is -2.06. The number of nitrogens with zero attached hydrogens (tertiary/aromatic N) is 1. The molecule has 3 aromatic rings. The number of carboxylic acids is 1. The topological polar surface area (TPSA) is 59.4 Å². The highest BCUT2D eigenvalue weighted by molar-refractivity contribution is 9.10. The lowest BCUT2D eigenvalue weighted by Gasteiger charge is -2.15. The smallest absolute Gasteiger partial charge is 0.338 e. The maximum absolute atomic E-state index is 14.0. The monoisotopic (exact) mass is 521 g/mol. The van der Waals surface area contributed by atoms with Gasteiger partial charge in [-0.2, -0.15) is 0 Å². The standard InChI is InChI=1S/C24H16BrF4NO3/c25-13-7-17(23(30-10-13)33-11-19-21(28)8-14(26)9-22(19)29)16-3-1-2-15(16)12-4-5-20(27)18(6-12)24(31)32/h4-10H,1-3,11H2,(H,31,32). The Bertz CT molecular complexity index is 1270. The molecular weight excluding hydrogens is 506 g/mol. The van der Waals surface area contributed by atoms with Crippen LogP contribution in [0.3, 0.4) is 0 Å². The van der Waals surface area contributed by atoms with Gasteiger partial charge in [0.25, 0.3) is 0 Å². The highest BCUT2D eigenvalue weighted by atomic mass is 79.9. The minimum absolute atomic E-state index is 0.108. The van der Waals surface area contributed by atoms with Crippen LogP contribution in [0.25, 0.3) is 11.1 Å². The van der Waals surface area contributed by atoms with Crippen molar-refractivity contribution in [1.82, 2.24) is 4.98 Å². The lowest BCUT2D eigenvalue weighted by molar-refractivity contribution is 0.0692. The normalized spacial score (nSPS) is 13.5. The first-order chi connectivity index (χ1) is 15.7. The largest absolute Gasteiger partial charge is 0.478 e. The molecule has 2 aromatic carbocycles. The van der Waals surface area contributed by atoms with Crippen molar-refractivity contribution in [3.8, 4) is 5.88 Å². The Morgan fingerprint density at radius 2 is 1.70 bits per heavy atom.